The lowest BCUT2D eigenvalue weighted by Crippen LogP contribution is -2.43. The van der Waals surface area contributed by atoms with Gasteiger partial charge in [0, 0.05) is 74.0 Å². The maximum absolute atomic E-state index is 13.7. The van der Waals surface area contributed by atoms with E-state index in [0.717, 1.165) is 43.1 Å². The van der Waals surface area contributed by atoms with Crippen LogP contribution in [0.1, 0.15) is 47.2 Å². The molecule has 196 valence electrons. The standard InChI is InChI=1S/C26H30F3N7O/c1-31-13-15-11-22(20(12-21(15)30)26(27,28)29)33-25(37)18-5-6-23(19-14-35(2)34-24(18)19)36-9-7-17(8-10-36)32-16-3-4-16/h5-6,11-14,16-17,32H,3-4,7-10,30H2,1-2H3,(H,33,37). The van der Waals surface area contributed by atoms with Gasteiger partial charge in [0.1, 0.15) is 5.52 Å². The van der Waals surface area contributed by atoms with Crippen molar-refractivity contribution in [1.29, 1.82) is 0 Å². The first-order valence-electron chi connectivity index (χ1n) is 12.4. The van der Waals surface area contributed by atoms with E-state index in [2.05, 4.69) is 25.6 Å². The molecule has 2 aromatic carbocycles. The van der Waals surface area contributed by atoms with Crippen molar-refractivity contribution >= 4 is 40.1 Å². The number of carbonyl (C=O) groups is 1. The van der Waals surface area contributed by atoms with Crippen molar-refractivity contribution in [3.8, 4) is 0 Å². The van der Waals surface area contributed by atoms with Crippen LogP contribution in [-0.2, 0) is 13.2 Å². The summed E-state index contributed by atoms with van der Waals surface area (Å²) in [5.74, 6) is -0.683. The van der Waals surface area contributed by atoms with Gasteiger partial charge in [-0.1, -0.05) is 0 Å². The maximum Gasteiger partial charge on any atom is 0.418 e. The highest BCUT2D eigenvalue weighted by molar-refractivity contribution is 6.14. The molecule has 1 saturated carbocycles. The lowest BCUT2D eigenvalue weighted by molar-refractivity contribution is -0.136. The van der Waals surface area contributed by atoms with Crippen LogP contribution in [0.2, 0.25) is 0 Å². The van der Waals surface area contributed by atoms with Crippen molar-refractivity contribution < 1.29 is 18.0 Å². The van der Waals surface area contributed by atoms with E-state index in [1.165, 1.54) is 32.2 Å². The maximum atomic E-state index is 13.7. The van der Waals surface area contributed by atoms with Crippen LogP contribution in [0.15, 0.2) is 35.5 Å². The van der Waals surface area contributed by atoms with Gasteiger partial charge in [-0.15, -0.1) is 0 Å². The number of anilines is 3. The van der Waals surface area contributed by atoms with Gasteiger partial charge in [-0.05, 0) is 49.9 Å². The summed E-state index contributed by atoms with van der Waals surface area (Å²) in [6.07, 6.45) is 3.06. The molecule has 1 amide bonds. The summed E-state index contributed by atoms with van der Waals surface area (Å²) >= 11 is 0. The van der Waals surface area contributed by atoms with Crippen molar-refractivity contribution in [3.63, 3.8) is 0 Å². The molecule has 3 aromatic rings. The van der Waals surface area contributed by atoms with Crippen molar-refractivity contribution in [1.82, 2.24) is 15.1 Å². The SMILES string of the molecule is CN=Cc1cc(NC(=O)c2ccc(N3CCC(NC4CC4)CC3)c3cn(C)nc23)c(C(F)(F)F)cc1N. The molecule has 2 fully saturated rings. The number of carbonyl (C=O) groups excluding carboxylic acids is 1. The summed E-state index contributed by atoms with van der Waals surface area (Å²) in [6.45, 7) is 1.75. The number of aryl methyl sites for hydroxylation is 1. The fourth-order valence-electron chi connectivity index (χ4n) is 4.95. The first-order valence-corrected chi connectivity index (χ1v) is 12.4. The van der Waals surface area contributed by atoms with E-state index in [9.17, 15) is 18.0 Å². The Bertz CT molecular complexity index is 1350. The van der Waals surface area contributed by atoms with Gasteiger partial charge in [-0.25, -0.2) is 0 Å². The Morgan fingerprint density at radius 3 is 2.51 bits per heavy atom. The molecule has 0 bridgehead atoms. The van der Waals surface area contributed by atoms with Crippen LogP contribution in [-0.4, -0.2) is 54.1 Å². The molecule has 37 heavy (non-hydrogen) atoms. The lowest BCUT2D eigenvalue weighted by Gasteiger charge is -2.34. The molecular formula is C26H30F3N7O. The van der Waals surface area contributed by atoms with Crippen LogP contribution in [0.3, 0.4) is 0 Å². The molecule has 0 radical (unpaired) electrons. The molecule has 2 heterocycles. The van der Waals surface area contributed by atoms with E-state index in [0.29, 0.717) is 17.6 Å². The number of rotatable bonds is 6. The number of aromatic nitrogens is 2. The Hall–Kier alpha value is -3.60. The minimum Gasteiger partial charge on any atom is -0.398 e. The number of halogens is 3. The summed E-state index contributed by atoms with van der Waals surface area (Å²) in [5.41, 5.74) is 6.18. The van der Waals surface area contributed by atoms with E-state index in [1.807, 2.05) is 12.3 Å². The van der Waals surface area contributed by atoms with Gasteiger partial charge in [-0.2, -0.15) is 18.3 Å². The first kappa shape index (κ1) is 25.1. The average Bonchev–Trinajstić information content (AvgIpc) is 3.57. The molecule has 11 heteroatoms. The fraction of sp³-hybridized carbons (Fsp3) is 0.423. The first-order chi connectivity index (χ1) is 17.6. The molecule has 1 saturated heterocycles. The highest BCUT2D eigenvalue weighted by Gasteiger charge is 2.35. The topological polar surface area (TPSA) is 101 Å². The number of amides is 1. The number of aliphatic imine (C=N–C) groups is 1. The largest absolute Gasteiger partial charge is 0.418 e. The minimum atomic E-state index is -4.71. The van der Waals surface area contributed by atoms with Crippen LogP contribution in [0.4, 0.5) is 30.2 Å². The zero-order valence-electron chi connectivity index (χ0n) is 20.8. The molecular weight excluding hydrogens is 483 g/mol. The Kier molecular flexibility index (Phi) is 6.57. The van der Waals surface area contributed by atoms with Crippen LogP contribution >= 0.6 is 0 Å². The molecule has 5 rings (SSSR count). The molecule has 1 aliphatic heterocycles. The Morgan fingerprint density at radius 2 is 1.86 bits per heavy atom. The van der Waals surface area contributed by atoms with E-state index in [4.69, 9.17) is 5.73 Å². The summed E-state index contributed by atoms with van der Waals surface area (Å²) in [7, 11) is 3.25. The van der Waals surface area contributed by atoms with Gasteiger partial charge in [0.05, 0.1) is 16.8 Å². The summed E-state index contributed by atoms with van der Waals surface area (Å²) < 4.78 is 42.9. The number of hydrogen-bond acceptors (Lipinski definition) is 6. The second kappa shape index (κ2) is 9.70. The normalized spacial score (nSPS) is 17.2. The highest BCUT2D eigenvalue weighted by atomic mass is 19.4. The predicted octanol–water partition coefficient (Wildman–Crippen LogP) is 4.20. The van der Waals surface area contributed by atoms with Gasteiger partial charge in [0.2, 0.25) is 0 Å². The Balaban J connectivity index is 1.44. The lowest BCUT2D eigenvalue weighted by atomic mass is 10.0. The number of nitrogens with one attached hydrogen (secondary N) is 2. The number of nitrogen functional groups attached to an aromatic ring is 1. The van der Waals surface area contributed by atoms with Crippen molar-refractivity contribution in [3.05, 3.63) is 47.2 Å². The van der Waals surface area contributed by atoms with Crippen LogP contribution in [0.25, 0.3) is 10.9 Å². The second-order valence-electron chi connectivity index (χ2n) is 9.77. The number of alkyl halides is 3. The third-order valence-electron chi connectivity index (χ3n) is 6.94. The molecule has 4 N–H and O–H groups in total. The Labute approximate surface area is 212 Å². The zero-order chi connectivity index (χ0) is 26.3. The van der Waals surface area contributed by atoms with Crippen molar-refractivity contribution in [2.24, 2.45) is 12.0 Å². The average molecular weight is 514 g/mol. The Morgan fingerprint density at radius 1 is 1.16 bits per heavy atom. The number of hydrogen-bond donors (Lipinski definition) is 3. The molecule has 0 spiro atoms. The van der Waals surface area contributed by atoms with Gasteiger partial charge < -0.3 is 21.3 Å². The number of fused-ring (bicyclic) bond motifs is 1. The number of piperidine rings is 1. The molecule has 1 aliphatic carbocycles. The quantitative estimate of drug-likeness (QED) is 0.339. The van der Waals surface area contributed by atoms with Gasteiger partial charge in [-0.3, -0.25) is 14.5 Å². The summed E-state index contributed by atoms with van der Waals surface area (Å²) in [4.78, 5) is 19.4. The van der Waals surface area contributed by atoms with E-state index < -0.39 is 17.6 Å². The second-order valence-corrected chi connectivity index (χ2v) is 9.77. The number of nitrogens with zero attached hydrogens (tertiary/aromatic N) is 4. The zero-order valence-corrected chi connectivity index (χ0v) is 20.8. The molecule has 0 atom stereocenters. The third-order valence-corrected chi connectivity index (χ3v) is 6.94. The molecule has 2 aliphatic rings. The van der Waals surface area contributed by atoms with E-state index >= 15 is 0 Å². The van der Waals surface area contributed by atoms with E-state index in [-0.39, 0.29) is 22.5 Å². The predicted molar refractivity (Wildman–Crippen MR) is 139 cm³/mol. The fourth-order valence-corrected chi connectivity index (χ4v) is 4.95. The molecule has 0 unspecified atom stereocenters. The summed E-state index contributed by atoms with van der Waals surface area (Å²) in [5, 5.41) is 11.4. The molecule has 8 nitrogen and oxygen atoms in total. The van der Waals surface area contributed by atoms with Crippen molar-refractivity contribution in [2.75, 3.05) is 36.1 Å². The van der Waals surface area contributed by atoms with Gasteiger partial charge >= 0.3 is 6.18 Å². The smallest absolute Gasteiger partial charge is 0.398 e. The third kappa shape index (κ3) is 5.27. The van der Waals surface area contributed by atoms with Crippen LogP contribution in [0, 0.1) is 0 Å². The van der Waals surface area contributed by atoms with Gasteiger partial charge in [0.25, 0.3) is 5.91 Å². The monoisotopic (exact) mass is 513 g/mol. The van der Waals surface area contributed by atoms with Gasteiger partial charge in [0.15, 0.2) is 0 Å². The highest BCUT2D eigenvalue weighted by Crippen LogP contribution is 2.38. The molecule has 1 aromatic heterocycles. The number of nitrogens with two attached hydrogens (primary N) is 1. The summed E-state index contributed by atoms with van der Waals surface area (Å²) in [6, 6.07) is 6.68. The van der Waals surface area contributed by atoms with Crippen LogP contribution < -0.4 is 21.3 Å². The van der Waals surface area contributed by atoms with E-state index in [1.54, 1.807) is 17.8 Å². The minimum absolute atomic E-state index is 0.0801. The number of benzene rings is 2. The van der Waals surface area contributed by atoms with Crippen LogP contribution in [0.5, 0.6) is 0 Å². The van der Waals surface area contributed by atoms with Crippen molar-refractivity contribution in [2.45, 2.75) is 43.9 Å².